The number of nitrogens with zero attached hydrogens (tertiary/aromatic N) is 2. The van der Waals surface area contributed by atoms with Gasteiger partial charge in [-0.25, -0.2) is 17.5 Å². The molecule has 3 rings (SSSR count). The second kappa shape index (κ2) is 7.61. The minimum absolute atomic E-state index is 0.0689. The smallest absolute Gasteiger partial charge is 0.208 e. The van der Waals surface area contributed by atoms with Gasteiger partial charge in [0.1, 0.15) is 11.9 Å². The predicted molar refractivity (Wildman–Crippen MR) is 95.3 cm³/mol. The second-order valence-corrected chi connectivity index (χ2v) is 9.09. The largest absolute Gasteiger partial charge is 0.375 e. The molecule has 2 aliphatic heterocycles. The Morgan fingerprint density at radius 3 is 2.81 bits per heavy atom. The summed E-state index contributed by atoms with van der Waals surface area (Å²) in [5, 5.41) is 8.95. The summed E-state index contributed by atoms with van der Waals surface area (Å²) in [5.74, 6) is -0.492. The molecule has 2 aliphatic rings. The molecule has 1 spiro atoms. The Bertz CT molecular complexity index is 798. The molecule has 0 aromatic heterocycles. The second-order valence-electron chi connectivity index (χ2n) is 7.31. The Hall–Kier alpha value is -1.53. The van der Waals surface area contributed by atoms with Crippen molar-refractivity contribution < 1.29 is 17.5 Å². The van der Waals surface area contributed by atoms with Gasteiger partial charge in [0.05, 0.1) is 17.4 Å². The fraction of sp³-hybridized carbons (Fsp3) is 0.611. The molecule has 1 unspecified atom stereocenters. The van der Waals surface area contributed by atoms with Crippen LogP contribution in [-0.4, -0.2) is 50.9 Å². The fourth-order valence-corrected chi connectivity index (χ4v) is 4.72. The Kier molecular flexibility index (Phi) is 5.63. The lowest BCUT2D eigenvalue weighted by molar-refractivity contribution is -0.118. The van der Waals surface area contributed by atoms with E-state index in [-0.39, 0.29) is 17.2 Å². The number of halogens is 1. The molecule has 0 aliphatic carbocycles. The Morgan fingerprint density at radius 2 is 2.15 bits per heavy atom. The molecule has 1 N–H and O–H groups in total. The third kappa shape index (κ3) is 4.80. The number of rotatable bonds is 4. The lowest BCUT2D eigenvalue weighted by Crippen LogP contribution is -2.53. The Morgan fingerprint density at radius 1 is 1.42 bits per heavy atom. The summed E-state index contributed by atoms with van der Waals surface area (Å²) in [6.45, 7) is 2.88. The van der Waals surface area contributed by atoms with Crippen LogP contribution in [0, 0.1) is 17.1 Å². The van der Waals surface area contributed by atoms with Gasteiger partial charge in [0.15, 0.2) is 0 Å². The number of piperidine rings is 1. The highest BCUT2D eigenvalue weighted by molar-refractivity contribution is 7.88. The van der Waals surface area contributed by atoms with Crippen molar-refractivity contribution in [1.82, 2.24) is 9.62 Å². The van der Waals surface area contributed by atoms with Crippen LogP contribution >= 0.6 is 0 Å². The summed E-state index contributed by atoms with van der Waals surface area (Å²) in [6, 6.07) is 6.45. The van der Waals surface area contributed by atoms with E-state index in [4.69, 9.17) is 10.00 Å². The van der Waals surface area contributed by atoms with Gasteiger partial charge in [-0.3, -0.25) is 4.90 Å². The minimum atomic E-state index is -3.21. The van der Waals surface area contributed by atoms with Crippen molar-refractivity contribution in [2.45, 2.75) is 43.9 Å². The van der Waals surface area contributed by atoms with E-state index in [9.17, 15) is 12.8 Å². The molecule has 142 valence electrons. The van der Waals surface area contributed by atoms with Crippen LogP contribution in [0.2, 0.25) is 0 Å². The predicted octanol–water partition coefficient (Wildman–Crippen LogP) is 1.76. The summed E-state index contributed by atoms with van der Waals surface area (Å²) in [7, 11) is -3.21. The zero-order valence-electron chi connectivity index (χ0n) is 14.9. The van der Waals surface area contributed by atoms with Gasteiger partial charge in [-0.05, 0) is 43.4 Å². The van der Waals surface area contributed by atoms with Crippen molar-refractivity contribution >= 4 is 10.0 Å². The Balaban J connectivity index is 1.58. The summed E-state index contributed by atoms with van der Waals surface area (Å²) >= 11 is 0. The SMILES string of the molecule is CS(=O)(=O)NC1CCOC2(CCN(Cc3ccc(F)c(C#N)c3)CC2)C1. The number of nitrogens with one attached hydrogen (secondary N) is 1. The van der Waals surface area contributed by atoms with Crippen molar-refractivity contribution in [3.05, 3.63) is 35.1 Å². The van der Waals surface area contributed by atoms with Crippen LogP contribution < -0.4 is 4.72 Å². The fourth-order valence-electron chi connectivity index (χ4n) is 3.91. The Labute approximate surface area is 154 Å². The zero-order valence-corrected chi connectivity index (χ0v) is 15.7. The van der Waals surface area contributed by atoms with Crippen LogP contribution in [0.25, 0.3) is 0 Å². The van der Waals surface area contributed by atoms with Crippen molar-refractivity contribution in [2.75, 3.05) is 26.0 Å². The van der Waals surface area contributed by atoms with Gasteiger partial charge in [-0.1, -0.05) is 6.07 Å². The normalized spacial score (nSPS) is 23.7. The molecule has 0 saturated carbocycles. The minimum Gasteiger partial charge on any atom is -0.375 e. The molecule has 1 aromatic rings. The summed E-state index contributed by atoms with van der Waals surface area (Å²) < 4.78 is 45.2. The molecule has 2 saturated heterocycles. The maximum absolute atomic E-state index is 13.4. The molecule has 8 heteroatoms. The molecule has 6 nitrogen and oxygen atoms in total. The standard InChI is InChI=1S/C18H24FN3O3S/c1-26(23,24)21-16-4-9-25-18(11-16)5-7-22(8-6-18)13-14-2-3-17(19)15(10-14)12-20/h2-3,10,16,21H,4-9,11,13H2,1H3. The van der Waals surface area contributed by atoms with Gasteiger partial charge < -0.3 is 4.74 Å². The number of benzene rings is 1. The van der Waals surface area contributed by atoms with E-state index in [0.717, 1.165) is 31.5 Å². The first-order valence-corrected chi connectivity index (χ1v) is 10.7. The molecule has 2 fully saturated rings. The number of ether oxygens (including phenoxy) is 1. The van der Waals surface area contributed by atoms with Gasteiger partial charge in [0.25, 0.3) is 0 Å². The lowest BCUT2D eigenvalue weighted by atomic mass is 9.82. The summed E-state index contributed by atoms with van der Waals surface area (Å²) in [6.07, 6.45) is 4.26. The van der Waals surface area contributed by atoms with Gasteiger partial charge in [0.2, 0.25) is 10.0 Å². The van der Waals surface area contributed by atoms with Gasteiger partial charge in [-0.2, -0.15) is 5.26 Å². The molecule has 0 amide bonds. The highest BCUT2D eigenvalue weighted by Crippen LogP contribution is 2.35. The van der Waals surface area contributed by atoms with Gasteiger partial charge >= 0.3 is 0 Å². The lowest BCUT2D eigenvalue weighted by Gasteiger charge is -2.46. The number of nitriles is 1. The first-order valence-electron chi connectivity index (χ1n) is 8.81. The first-order chi connectivity index (χ1) is 12.3. The number of hydrogen-bond donors (Lipinski definition) is 1. The van der Waals surface area contributed by atoms with E-state index in [1.807, 2.05) is 6.07 Å². The molecule has 0 bridgehead atoms. The highest BCUT2D eigenvalue weighted by Gasteiger charge is 2.40. The molecular weight excluding hydrogens is 357 g/mol. The van der Waals surface area contributed by atoms with Crippen molar-refractivity contribution in [1.29, 1.82) is 5.26 Å². The molecule has 26 heavy (non-hydrogen) atoms. The third-order valence-electron chi connectivity index (χ3n) is 5.20. The zero-order chi connectivity index (χ0) is 18.8. The average molecular weight is 381 g/mol. The van der Waals surface area contributed by atoms with E-state index in [1.54, 1.807) is 12.1 Å². The van der Waals surface area contributed by atoms with E-state index < -0.39 is 15.8 Å². The maximum Gasteiger partial charge on any atom is 0.208 e. The molecular formula is C18H24FN3O3S. The van der Waals surface area contributed by atoms with Crippen LogP contribution in [0.1, 0.15) is 36.8 Å². The monoisotopic (exact) mass is 381 g/mol. The van der Waals surface area contributed by atoms with Crippen LogP contribution in [0.5, 0.6) is 0 Å². The van der Waals surface area contributed by atoms with Crippen LogP contribution in [0.4, 0.5) is 4.39 Å². The van der Waals surface area contributed by atoms with Crippen molar-refractivity contribution in [3.8, 4) is 6.07 Å². The summed E-state index contributed by atoms with van der Waals surface area (Å²) in [4.78, 5) is 2.26. The van der Waals surface area contributed by atoms with Crippen molar-refractivity contribution in [3.63, 3.8) is 0 Å². The average Bonchev–Trinajstić information content (AvgIpc) is 2.57. The topological polar surface area (TPSA) is 82.4 Å². The quantitative estimate of drug-likeness (QED) is 0.859. The molecule has 2 heterocycles. The molecule has 0 radical (unpaired) electrons. The maximum atomic E-state index is 13.4. The van der Waals surface area contributed by atoms with Crippen LogP contribution in [-0.2, 0) is 21.3 Å². The van der Waals surface area contributed by atoms with E-state index >= 15 is 0 Å². The van der Waals surface area contributed by atoms with Crippen LogP contribution in [0.3, 0.4) is 0 Å². The van der Waals surface area contributed by atoms with Gasteiger partial charge in [0, 0.05) is 32.3 Å². The number of sulfonamides is 1. The van der Waals surface area contributed by atoms with E-state index in [2.05, 4.69) is 9.62 Å². The number of hydrogen-bond acceptors (Lipinski definition) is 5. The van der Waals surface area contributed by atoms with Crippen LogP contribution in [0.15, 0.2) is 18.2 Å². The highest BCUT2D eigenvalue weighted by atomic mass is 32.2. The third-order valence-corrected chi connectivity index (χ3v) is 5.96. The van der Waals surface area contributed by atoms with Crippen molar-refractivity contribution in [2.24, 2.45) is 0 Å². The molecule has 1 atom stereocenters. The molecule has 1 aromatic carbocycles. The van der Waals surface area contributed by atoms with Gasteiger partial charge in [-0.15, -0.1) is 0 Å². The summed E-state index contributed by atoms with van der Waals surface area (Å²) in [5.41, 5.74) is 0.721. The van der Waals surface area contributed by atoms with E-state index in [1.165, 1.54) is 12.3 Å². The number of likely N-dealkylation sites (tertiary alicyclic amines) is 1. The first kappa shape index (κ1) is 19.2. The van der Waals surface area contributed by atoms with E-state index in [0.29, 0.717) is 26.0 Å².